The minimum Gasteiger partial charge on any atom is -0.291 e. The Morgan fingerprint density at radius 2 is 1.90 bits per heavy atom. The maximum Gasteiger partial charge on any atom is 0.436 e. The van der Waals surface area contributed by atoms with Gasteiger partial charge < -0.3 is 0 Å². The Morgan fingerprint density at radius 1 is 1.27 bits per heavy atom. The average molecular weight is 526 g/mol. The van der Waals surface area contributed by atoms with Gasteiger partial charge in [-0.2, -0.15) is 18.3 Å². The zero-order valence-corrected chi connectivity index (χ0v) is 18.6. The molecule has 2 aromatic heterocycles. The first-order chi connectivity index (χ1) is 14.0. The molecule has 0 aliphatic carbocycles. The van der Waals surface area contributed by atoms with E-state index in [1.807, 2.05) is 0 Å². The molecular formula is C17H14BrCl2F3N6O. The number of nitrogens with zero attached hydrogens (tertiary/aromatic N) is 5. The van der Waals surface area contributed by atoms with Gasteiger partial charge in [0, 0.05) is 15.6 Å². The van der Waals surface area contributed by atoms with Crippen LogP contribution in [0.1, 0.15) is 29.9 Å². The van der Waals surface area contributed by atoms with Crippen molar-refractivity contribution in [3.63, 3.8) is 0 Å². The molecule has 1 amide bonds. The molecule has 1 unspecified atom stereocenters. The molecule has 0 fully saturated rings. The number of carbonyl (C=O) groups is 1. The number of halogens is 6. The third-order valence-corrected chi connectivity index (χ3v) is 5.90. The lowest BCUT2D eigenvalue weighted by Gasteiger charge is -2.13. The lowest BCUT2D eigenvalue weighted by Crippen LogP contribution is -2.26. The number of aromatic nitrogens is 5. The molecule has 0 bridgehead atoms. The Hall–Kier alpha value is -2.11. The van der Waals surface area contributed by atoms with Gasteiger partial charge in [-0.25, -0.2) is 9.67 Å². The number of hydrogen-bond donors (Lipinski definition) is 1. The number of hydrogen-bond acceptors (Lipinski definition) is 4. The standard InChI is InChI=1S/C17H14BrCl2F3N6O/c1-8-13(18)14(17(21,22)23)26-29(8)9(2)15(30)25-16-24-7-28(27-16)6-10-11(19)4-3-5-12(10)20/h3-5,7,9H,6H2,1-2H3,(H,25,27,30). The van der Waals surface area contributed by atoms with Gasteiger partial charge in [0.2, 0.25) is 5.95 Å². The first-order valence-electron chi connectivity index (χ1n) is 8.44. The van der Waals surface area contributed by atoms with Crippen LogP contribution in [0.4, 0.5) is 19.1 Å². The van der Waals surface area contributed by atoms with Crippen molar-refractivity contribution in [2.75, 3.05) is 5.32 Å². The molecule has 7 nitrogen and oxygen atoms in total. The topological polar surface area (TPSA) is 77.6 Å². The highest BCUT2D eigenvalue weighted by Crippen LogP contribution is 2.36. The molecule has 160 valence electrons. The van der Waals surface area contributed by atoms with Crippen LogP contribution in [-0.2, 0) is 17.5 Å². The maximum absolute atomic E-state index is 13.0. The summed E-state index contributed by atoms with van der Waals surface area (Å²) in [5, 5.41) is 11.0. The summed E-state index contributed by atoms with van der Waals surface area (Å²) in [5.74, 6) is -0.648. The Bertz CT molecular complexity index is 1080. The van der Waals surface area contributed by atoms with Crippen molar-refractivity contribution in [1.82, 2.24) is 24.5 Å². The summed E-state index contributed by atoms with van der Waals surface area (Å²) >= 11 is 15.1. The summed E-state index contributed by atoms with van der Waals surface area (Å²) in [6.07, 6.45) is -3.28. The van der Waals surface area contributed by atoms with E-state index in [1.54, 1.807) is 18.2 Å². The minimum atomic E-state index is -4.65. The maximum atomic E-state index is 13.0. The number of benzene rings is 1. The number of carbonyl (C=O) groups excluding carboxylic acids is 1. The first-order valence-corrected chi connectivity index (χ1v) is 9.99. The van der Waals surface area contributed by atoms with Crippen molar-refractivity contribution in [2.24, 2.45) is 0 Å². The molecule has 3 rings (SSSR count). The van der Waals surface area contributed by atoms with Gasteiger partial charge in [-0.05, 0) is 41.9 Å². The molecule has 1 aromatic carbocycles. The second kappa shape index (κ2) is 8.56. The second-order valence-electron chi connectivity index (χ2n) is 6.32. The van der Waals surface area contributed by atoms with Crippen LogP contribution in [0.25, 0.3) is 0 Å². The van der Waals surface area contributed by atoms with E-state index in [1.165, 1.54) is 24.9 Å². The van der Waals surface area contributed by atoms with Crippen LogP contribution in [0.5, 0.6) is 0 Å². The van der Waals surface area contributed by atoms with Gasteiger partial charge in [0.15, 0.2) is 5.69 Å². The van der Waals surface area contributed by atoms with Gasteiger partial charge in [-0.1, -0.05) is 29.3 Å². The highest BCUT2D eigenvalue weighted by atomic mass is 79.9. The van der Waals surface area contributed by atoms with Crippen LogP contribution in [0.2, 0.25) is 10.0 Å². The molecule has 0 aliphatic heterocycles. The Balaban J connectivity index is 1.74. The van der Waals surface area contributed by atoms with E-state index in [4.69, 9.17) is 23.2 Å². The summed E-state index contributed by atoms with van der Waals surface area (Å²) in [7, 11) is 0. The predicted octanol–water partition coefficient (Wildman–Crippen LogP) is 5.12. The molecule has 30 heavy (non-hydrogen) atoms. The third-order valence-electron chi connectivity index (χ3n) is 4.25. The highest BCUT2D eigenvalue weighted by Gasteiger charge is 2.39. The molecule has 0 spiro atoms. The van der Waals surface area contributed by atoms with E-state index in [9.17, 15) is 18.0 Å². The van der Waals surface area contributed by atoms with Gasteiger partial charge in [0.05, 0.1) is 16.7 Å². The Morgan fingerprint density at radius 3 is 2.47 bits per heavy atom. The molecular weight excluding hydrogens is 512 g/mol. The third kappa shape index (κ3) is 4.62. The van der Waals surface area contributed by atoms with Gasteiger partial charge >= 0.3 is 6.18 Å². The summed E-state index contributed by atoms with van der Waals surface area (Å²) in [6, 6.07) is 4.04. The van der Waals surface area contributed by atoms with Crippen LogP contribution in [0, 0.1) is 6.92 Å². The number of anilines is 1. The fourth-order valence-electron chi connectivity index (χ4n) is 2.66. The van der Waals surface area contributed by atoms with E-state index in [0.29, 0.717) is 15.6 Å². The van der Waals surface area contributed by atoms with Gasteiger partial charge in [0.25, 0.3) is 5.91 Å². The first kappa shape index (κ1) is 22.6. The normalized spacial score (nSPS) is 12.8. The van der Waals surface area contributed by atoms with Crippen molar-refractivity contribution >= 4 is 51.0 Å². The Kier molecular flexibility index (Phi) is 6.44. The van der Waals surface area contributed by atoms with Crippen molar-refractivity contribution in [1.29, 1.82) is 0 Å². The SMILES string of the molecule is Cc1c(Br)c(C(F)(F)F)nn1C(C)C(=O)Nc1ncn(Cc2c(Cl)cccc2Cl)n1. The molecule has 2 heterocycles. The number of alkyl halides is 3. The fourth-order valence-corrected chi connectivity index (χ4v) is 3.66. The summed E-state index contributed by atoms with van der Waals surface area (Å²) in [6.45, 7) is 3.07. The number of amides is 1. The quantitative estimate of drug-likeness (QED) is 0.501. The summed E-state index contributed by atoms with van der Waals surface area (Å²) in [5.41, 5.74) is -0.302. The molecule has 0 saturated heterocycles. The zero-order valence-electron chi connectivity index (χ0n) is 15.5. The molecule has 0 saturated carbocycles. The molecule has 0 radical (unpaired) electrons. The van der Waals surface area contributed by atoms with E-state index in [2.05, 4.69) is 36.4 Å². The lowest BCUT2D eigenvalue weighted by molar-refractivity contribution is -0.142. The number of rotatable bonds is 5. The van der Waals surface area contributed by atoms with Crippen LogP contribution < -0.4 is 5.32 Å². The smallest absolute Gasteiger partial charge is 0.291 e. The fraction of sp³-hybridized carbons (Fsp3) is 0.294. The monoisotopic (exact) mass is 524 g/mol. The second-order valence-corrected chi connectivity index (χ2v) is 7.93. The minimum absolute atomic E-state index is 0.0186. The van der Waals surface area contributed by atoms with Crippen LogP contribution in [-0.4, -0.2) is 30.5 Å². The largest absolute Gasteiger partial charge is 0.436 e. The van der Waals surface area contributed by atoms with E-state index in [0.717, 1.165) is 4.68 Å². The average Bonchev–Trinajstić information content (AvgIpc) is 3.22. The van der Waals surface area contributed by atoms with Crippen LogP contribution in [0.15, 0.2) is 29.0 Å². The van der Waals surface area contributed by atoms with E-state index < -0.39 is 23.8 Å². The van der Waals surface area contributed by atoms with Crippen molar-refractivity contribution < 1.29 is 18.0 Å². The van der Waals surface area contributed by atoms with Crippen molar-refractivity contribution in [3.8, 4) is 0 Å². The molecule has 0 aliphatic rings. The van der Waals surface area contributed by atoms with Crippen molar-refractivity contribution in [3.05, 3.63) is 56.0 Å². The van der Waals surface area contributed by atoms with Gasteiger partial charge in [0.1, 0.15) is 12.4 Å². The van der Waals surface area contributed by atoms with E-state index >= 15 is 0 Å². The summed E-state index contributed by atoms with van der Waals surface area (Å²) in [4.78, 5) is 16.5. The van der Waals surface area contributed by atoms with E-state index in [-0.39, 0.29) is 22.7 Å². The lowest BCUT2D eigenvalue weighted by atomic mass is 10.2. The molecule has 1 N–H and O–H groups in total. The Labute approximate surface area is 187 Å². The molecule has 3 aromatic rings. The molecule has 13 heteroatoms. The van der Waals surface area contributed by atoms with Gasteiger partial charge in [-0.3, -0.25) is 14.8 Å². The highest BCUT2D eigenvalue weighted by molar-refractivity contribution is 9.10. The molecule has 1 atom stereocenters. The van der Waals surface area contributed by atoms with Crippen molar-refractivity contribution in [2.45, 2.75) is 32.6 Å². The van der Waals surface area contributed by atoms with Crippen LogP contribution in [0.3, 0.4) is 0 Å². The number of nitrogens with one attached hydrogen (secondary N) is 1. The summed E-state index contributed by atoms with van der Waals surface area (Å²) < 4.78 is 41.3. The predicted molar refractivity (Wildman–Crippen MR) is 109 cm³/mol. The van der Waals surface area contributed by atoms with Crippen LogP contribution >= 0.6 is 39.1 Å². The van der Waals surface area contributed by atoms with Gasteiger partial charge in [-0.15, -0.1) is 5.10 Å². The zero-order chi connectivity index (χ0) is 22.2.